The fourth-order valence-electron chi connectivity index (χ4n) is 12.7. The Hall–Kier alpha value is -6.42. The van der Waals surface area contributed by atoms with Gasteiger partial charge in [-0.05, 0) is 155 Å². The largest absolute Gasteiger partial charge is 0.457 e. The van der Waals surface area contributed by atoms with Crippen LogP contribution in [0.25, 0.3) is 11.3 Å². The fourth-order valence-corrected chi connectivity index (χ4v) is 12.7. The van der Waals surface area contributed by atoms with Gasteiger partial charge in [0.25, 0.3) is 11.8 Å². The molecule has 0 spiro atoms. The van der Waals surface area contributed by atoms with Gasteiger partial charge in [-0.15, -0.1) is 0 Å². The first-order valence-corrected chi connectivity index (χ1v) is 25.4. The van der Waals surface area contributed by atoms with Crippen LogP contribution in [0.1, 0.15) is 103 Å². The number of carbonyl (C=O) groups excluding carboxylic acids is 5. The van der Waals surface area contributed by atoms with Crippen molar-refractivity contribution in [3.8, 4) is 22.8 Å². The summed E-state index contributed by atoms with van der Waals surface area (Å²) < 4.78 is 8.05. The smallest absolute Gasteiger partial charge is 0.319 e. The van der Waals surface area contributed by atoms with E-state index in [1.807, 2.05) is 71.4 Å². The molecule has 6 amide bonds. The summed E-state index contributed by atoms with van der Waals surface area (Å²) in [6.07, 6.45) is 10.0. The molecule has 0 aliphatic carbocycles. The van der Waals surface area contributed by atoms with Crippen molar-refractivity contribution in [1.29, 1.82) is 0 Å². The number of urea groups is 1. The van der Waals surface area contributed by atoms with Crippen molar-refractivity contribution >= 4 is 41.2 Å². The normalized spacial score (nSPS) is 23.4. The quantitative estimate of drug-likeness (QED) is 0.157. The summed E-state index contributed by atoms with van der Waals surface area (Å²) in [6.45, 7) is 8.38. The highest BCUT2D eigenvalue weighted by Crippen LogP contribution is 2.42. The van der Waals surface area contributed by atoms with E-state index in [1.54, 1.807) is 4.90 Å². The number of rotatable bonds is 9. The number of hydrogen-bond donors (Lipinski definition) is 3. The number of hydrogen-bond acceptors (Lipinski definition) is 10. The van der Waals surface area contributed by atoms with Crippen LogP contribution in [-0.4, -0.2) is 130 Å². The molecule has 4 aromatic rings. The topological polar surface area (TPSA) is 179 Å². The van der Waals surface area contributed by atoms with Gasteiger partial charge < -0.3 is 40.3 Å². The number of ether oxygens (including phenoxy) is 1. The van der Waals surface area contributed by atoms with E-state index in [9.17, 15) is 24.0 Å². The van der Waals surface area contributed by atoms with Crippen LogP contribution in [-0.2, 0) is 16.1 Å². The van der Waals surface area contributed by atoms with Gasteiger partial charge in [-0.25, -0.2) is 9.48 Å². The summed E-state index contributed by atoms with van der Waals surface area (Å²) >= 11 is 0. The maximum Gasteiger partial charge on any atom is 0.319 e. The number of aromatic nitrogens is 2. The Morgan fingerprint density at radius 1 is 0.696 bits per heavy atom. The molecule has 362 valence electrons. The number of nitrogens with two attached hydrogens (primary N) is 1. The van der Waals surface area contributed by atoms with E-state index in [0.29, 0.717) is 59.3 Å². The molecular weight excluding hydrogens is 873 g/mol. The number of anilines is 2. The Kier molecular flexibility index (Phi) is 12.5. The molecule has 5 saturated heterocycles. The standard InChI is InChI=1S/C53H64N10O6/c54-49(65)47-48(37-6-9-42(10-7-37)69-41-4-2-1-3-5-41)57-63-44(14-23-55-50(47)63)36-19-26-58(27-20-36)39-21-30-61(31-22-39)53(68)60-28-17-35(18-29-60)34-15-24-59(25-16-34)40-8-11-43-38(32-40)33-62(52(43)67)45-12-13-46(64)56-51(45)66/h1-11,32,34-36,39,44-45,55H,12-31,33H2,(H2,54,65)(H,56,64,66). The van der Waals surface area contributed by atoms with Gasteiger partial charge in [-0.2, -0.15) is 5.10 Å². The molecule has 2 atom stereocenters. The number of amides is 6. The molecule has 5 fully saturated rings. The molecule has 0 saturated carbocycles. The molecule has 7 aliphatic heterocycles. The SMILES string of the molecule is NC(=O)c1c(-c2ccc(Oc3ccccc3)cc2)nn2c1NCCC2C1CCN(C2CCN(C(=O)N3CCC(C4CCN(c5ccc6c(c5)CN(C5CCC(=O)NC5=O)C6=O)CC4)CC3)CC2)CC1. The third-order valence-corrected chi connectivity index (χ3v) is 16.6. The minimum atomic E-state index is -0.605. The van der Waals surface area contributed by atoms with Crippen LogP contribution in [0, 0.1) is 17.8 Å². The lowest BCUT2D eigenvalue weighted by Gasteiger charge is -2.45. The second-order valence-corrected chi connectivity index (χ2v) is 20.4. The van der Waals surface area contributed by atoms with E-state index in [0.717, 1.165) is 145 Å². The number of nitrogens with one attached hydrogen (secondary N) is 2. The van der Waals surface area contributed by atoms with Crippen LogP contribution < -0.4 is 26.0 Å². The summed E-state index contributed by atoms with van der Waals surface area (Å²) in [5.74, 6) is 2.61. The zero-order chi connectivity index (χ0) is 47.2. The molecule has 7 aliphatic rings. The van der Waals surface area contributed by atoms with E-state index in [2.05, 4.69) is 36.3 Å². The van der Waals surface area contributed by atoms with Gasteiger partial charge in [0.05, 0.1) is 6.04 Å². The van der Waals surface area contributed by atoms with Crippen LogP contribution in [0.3, 0.4) is 0 Å². The van der Waals surface area contributed by atoms with E-state index in [-0.39, 0.29) is 36.2 Å². The number of piperidine rings is 5. The number of imide groups is 1. The van der Waals surface area contributed by atoms with Crippen molar-refractivity contribution in [3.05, 3.63) is 89.5 Å². The van der Waals surface area contributed by atoms with Crippen LogP contribution in [0.5, 0.6) is 11.5 Å². The lowest BCUT2D eigenvalue weighted by atomic mass is 9.78. The van der Waals surface area contributed by atoms with Crippen LogP contribution in [0.15, 0.2) is 72.8 Å². The summed E-state index contributed by atoms with van der Waals surface area (Å²) in [5.41, 5.74) is 10.6. The number of benzene rings is 3. The number of likely N-dealkylation sites (tertiary alicyclic amines) is 3. The molecule has 16 heteroatoms. The minimum Gasteiger partial charge on any atom is -0.457 e. The fraction of sp³-hybridized carbons (Fsp3) is 0.509. The van der Waals surface area contributed by atoms with E-state index in [4.69, 9.17) is 15.6 Å². The van der Waals surface area contributed by atoms with Crippen LogP contribution >= 0.6 is 0 Å². The predicted octanol–water partition coefficient (Wildman–Crippen LogP) is 6.48. The van der Waals surface area contributed by atoms with Crippen molar-refractivity contribution in [2.45, 2.75) is 95.3 Å². The average Bonchev–Trinajstić information content (AvgIpc) is 3.94. The first-order chi connectivity index (χ1) is 33.6. The third-order valence-electron chi connectivity index (χ3n) is 16.6. The molecule has 0 radical (unpaired) electrons. The summed E-state index contributed by atoms with van der Waals surface area (Å²) in [6, 6.07) is 23.6. The minimum absolute atomic E-state index is 0.136. The van der Waals surface area contributed by atoms with Crippen molar-refractivity contribution in [3.63, 3.8) is 0 Å². The molecule has 2 unspecified atom stereocenters. The van der Waals surface area contributed by atoms with Gasteiger partial charge in [0.2, 0.25) is 11.8 Å². The number of para-hydroxylation sites is 1. The second kappa shape index (κ2) is 19.2. The Morgan fingerprint density at radius 3 is 2.03 bits per heavy atom. The molecule has 8 heterocycles. The van der Waals surface area contributed by atoms with E-state index < -0.39 is 11.9 Å². The predicted molar refractivity (Wildman–Crippen MR) is 261 cm³/mol. The van der Waals surface area contributed by atoms with E-state index >= 15 is 0 Å². The summed E-state index contributed by atoms with van der Waals surface area (Å²) in [4.78, 5) is 75.1. The molecule has 4 N–H and O–H groups in total. The highest BCUT2D eigenvalue weighted by atomic mass is 16.5. The molecule has 0 bridgehead atoms. The van der Waals surface area contributed by atoms with Gasteiger partial charge in [0.1, 0.15) is 34.6 Å². The first kappa shape index (κ1) is 45.0. The highest BCUT2D eigenvalue weighted by molar-refractivity contribution is 6.06. The lowest BCUT2D eigenvalue weighted by Crippen LogP contribution is -2.53. The Morgan fingerprint density at radius 2 is 1.35 bits per heavy atom. The number of carbonyl (C=O) groups is 5. The Balaban J connectivity index is 0.623. The van der Waals surface area contributed by atoms with Gasteiger partial charge >= 0.3 is 6.03 Å². The first-order valence-electron chi connectivity index (χ1n) is 25.4. The third kappa shape index (κ3) is 9.03. The summed E-state index contributed by atoms with van der Waals surface area (Å²) in [7, 11) is 0. The zero-order valence-corrected chi connectivity index (χ0v) is 39.4. The monoisotopic (exact) mass is 937 g/mol. The number of nitrogens with zero attached hydrogens (tertiary/aromatic N) is 7. The van der Waals surface area contributed by atoms with Crippen LogP contribution in [0.4, 0.5) is 16.3 Å². The number of primary amides is 1. The lowest BCUT2D eigenvalue weighted by molar-refractivity contribution is -0.136. The molecule has 1 aromatic heterocycles. The maximum absolute atomic E-state index is 13.8. The number of fused-ring (bicyclic) bond motifs is 2. The Labute approximate surface area is 403 Å². The molecule has 69 heavy (non-hydrogen) atoms. The molecule has 3 aromatic carbocycles. The van der Waals surface area contributed by atoms with Crippen molar-refractivity contribution in [1.82, 2.24) is 34.7 Å². The average molecular weight is 937 g/mol. The van der Waals surface area contributed by atoms with Gasteiger partial charge in [0, 0.05) is 81.6 Å². The second-order valence-electron chi connectivity index (χ2n) is 20.4. The van der Waals surface area contributed by atoms with Gasteiger partial charge in [-0.1, -0.05) is 18.2 Å². The molecule has 11 rings (SSSR count). The van der Waals surface area contributed by atoms with Crippen molar-refractivity contribution in [2.75, 3.05) is 69.1 Å². The maximum atomic E-state index is 13.8. The van der Waals surface area contributed by atoms with Crippen molar-refractivity contribution < 1.29 is 28.7 Å². The Bertz CT molecular complexity index is 2570. The van der Waals surface area contributed by atoms with E-state index in [1.165, 1.54) is 0 Å². The zero-order valence-electron chi connectivity index (χ0n) is 39.4. The van der Waals surface area contributed by atoms with Gasteiger partial charge in [0.15, 0.2) is 0 Å². The summed E-state index contributed by atoms with van der Waals surface area (Å²) in [5, 5.41) is 10.9. The van der Waals surface area contributed by atoms with Crippen molar-refractivity contribution in [2.24, 2.45) is 23.5 Å². The molecule has 16 nitrogen and oxygen atoms in total. The van der Waals surface area contributed by atoms with Crippen LogP contribution in [0.2, 0.25) is 0 Å². The highest BCUT2D eigenvalue weighted by Gasteiger charge is 2.41. The van der Waals surface area contributed by atoms with Gasteiger partial charge in [-0.3, -0.25) is 24.5 Å². The molecular formula is C53H64N10O6.